The number of amides is 1. The van der Waals surface area contributed by atoms with Crippen molar-refractivity contribution < 1.29 is 14.7 Å². The van der Waals surface area contributed by atoms with Gasteiger partial charge in [-0.3, -0.25) is 9.69 Å². The van der Waals surface area contributed by atoms with Crippen molar-refractivity contribution in [2.75, 3.05) is 6.54 Å². The van der Waals surface area contributed by atoms with Crippen LogP contribution in [0, 0.1) is 0 Å². The molecule has 0 radical (unpaired) electrons. The van der Waals surface area contributed by atoms with Gasteiger partial charge >= 0.3 is 0 Å². The van der Waals surface area contributed by atoms with Gasteiger partial charge in [0.15, 0.2) is 0 Å². The smallest absolute Gasteiger partial charge is 0.266 e. The first-order chi connectivity index (χ1) is 9.97. The van der Waals surface area contributed by atoms with E-state index in [2.05, 4.69) is 0 Å². The second-order valence-electron chi connectivity index (χ2n) is 4.44. The van der Waals surface area contributed by atoms with E-state index in [1.165, 1.54) is 0 Å². The largest absolute Gasteiger partial charge is 0.548 e. The van der Waals surface area contributed by atoms with Crippen molar-refractivity contribution in [2.45, 2.75) is 6.92 Å². The minimum atomic E-state index is -1.33. The number of thiocarbonyl (C=S) groups is 1. The molecule has 0 atom stereocenters. The van der Waals surface area contributed by atoms with Crippen LogP contribution in [-0.4, -0.2) is 27.6 Å². The minimum absolute atomic E-state index is 0.239. The lowest BCUT2D eigenvalue weighted by molar-refractivity contribution is -0.305. The molecule has 1 aromatic rings. The minimum Gasteiger partial charge on any atom is -0.548 e. The molecule has 1 aromatic carbocycles. The first-order valence-corrected chi connectivity index (χ1v) is 7.38. The SMILES string of the molecule is CC(/C=C1\SC(=S)N(CC(=O)[O-])C1=O)=C\c1ccccc1. The highest BCUT2D eigenvalue weighted by Gasteiger charge is 2.31. The molecule has 21 heavy (non-hydrogen) atoms. The van der Waals surface area contributed by atoms with Gasteiger partial charge < -0.3 is 9.90 Å². The molecule has 0 spiro atoms. The Morgan fingerprint density at radius 2 is 2.05 bits per heavy atom. The van der Waals surface area contributed by atoms with Crippen LogP contribution in [0.15, 0.2) is 46.9 Å². The zero-order valence-corrected chi connectivity index (χ0v) is 12.9. The summed E-state index contributed by atoms with van der Waals surface area (Å²) in [7, 11) is 0. The molecule has 1 saturated heterocycles. The molecule has 0 aromatic heterocycles. The van der Waals surface area contributed by atoms with E-state index in [4.69, 9.17) is 12.2 Å². The predicted molar refractivity (Wildman–Crippen MR) is 85.1 cm³/mol. The molecule has 0 unspecified atom stereocenters. The Kier molecular flexibility index (Phi) is 4.93. The molecule has 1 aliphatic heterocycles. The summed E-state index contributed by atoms with van der Waals surface area (Å²) in [6.45, 7) is 1.36. The first kappa shape index (κ1) is 15.5. The molecule has 2 rings (SSSR count). The highest BCUT2D eigenvalue weighted by atomic mass is 32.2. The number of carbonyl (C=O) groups excluding carboxylic acids is 2. The normalized spacial score (nSPS) is 17.7. The van der Waals surface area contributed by atoms with Crippen LogP contribution in [-0.2, 0) is 9.59 Å². The Balaban J connectivity index is 2.18. The fraction of sp³-hybridized carbons (Fsp3) is 0.133. The Hall–Kier alpha value is -1.92. The number of hydrogen-bond donors (Lipinski definition) is 0. The molecular formula is C15H12NO3S2-. The third-order valence-electron chi connectivity index (χ3n) is 2.71. The summed E-state index contributed by atoms with van der Waals surface area (Å²) in [5.41, 5.74) is 1.91. The van der Waals surface area contributed by atoms with Crippen molar-refractivity contribution >= 4 is 46.3 Å². The molecule has 1 amide bonds. The Bertz CT molecular complexity index is 650. The van der Waals surface area contributed by atoms with Crippen LogP contribution in [0.3, 0.4) is 0 Å². The summed E-state index contributed by atoms with van der Waals surface area (Å²) in [6, 6.07) is 9.70. The summed E-state index contributed by atoms with van der Waals surface area (Å²) in [6.07, 6.45) is 3.65. The van der Waals surface area contributed by atoms with Gasteiger partial charge in [0.1, 0.15) is 4.32 Å². The van der Waals surface area contributed by atoms with E-state index in [9.17, 15) is 14.7 Å². The summed E-state index contributed by atoms with van der Waals surface area (Å²) in [5.74, 6) is -1.72. The Labute approximate surface area is 132 Å². The van der Waals surface area contributed by atoms with Crippen LogP contribution in [0.1, 0.15) is 12.5 Å². The fourth-order valence-corrected chi connectivity index (χ4v) is 3.13. The molecule has 1 aliphatic rings. The number of carbonyl (C=O) groups is 2. The maximum atomic E-state index is 12.1. The van der Waals surface area contributed by atoms with Gasteiger partial charge in [-0.25, -0.2) is 0 Å². The second kappa shape index (κ2) is 6.69. The van der Waals surface area contributed by atoms with Gasteiger partial charge in [0.2, 0.25) is 0 Å². The third kappa shape index (κ3) is 4.03. The molecule has 1 fully saturated rings. The van der Waals surface area contributed by atoms with Crippen LogP contribution in [0.4, 0.5) is 0 Å². The number of carboxylic acid groups (broad SMARTS) is 1. The molecule has 0 N–H and O–H groups in total. The highest BCUT2D eigenvalue weighted by Crippen LogP contribution is 2.31. The lowest BCUT2D eigenvalue weighted by atomic mass is 10.1. The number of carboxylic acids is 1. The van der Waals surface area contributed by atoms with E-state index in [-0.39, 0.29) is 4.32 Å². The van der Waals surface area contributed by atoms with Gasteiger partial charge in [0.25, 0.3) is 5.91 Å². The average molecular weight is 318 g/mol. The zero-order valence-electron chi connectivity index (χ0n) is 11.2. The van der Waals surface area contributed by atoms with Crippen LogP contribution in [0.5, 0.6) is 0 Å². The average Bonchev–Trinajstić information content (AvgIpc) is 2.67. The molecule has 1 heterocycles. The molecule has 0 saturated carbocycles. The highest BCUT2D eigenvalue weighted by molar-refractivity contribution is 8.26. The van der Waals surface area contributed by atoms with Gasteiger partial charge in [-0.05, 0) is 24.1 Å². The molecule has 108 valence electrons. The standard InChI is InChI=1S/C15H13NO3S2/c1-10(7-11-5-3-2-4-6-11)8-12-14(19)16(9-13(17)18)15(20)21-12/h2-8H,9H2,1H3,(H,17,18)/p-1/b10-7+,12-8-. The van der Waals surface area contributed by atoms with Crippen LogP contribution in [0.25, 0.3) is 6.08 Å². The summed E-state index contributed by atoms with van der Waals surface area (Å²) >= 11 is 6.11. The van der Waals surface area contributed by atoms with E-state index in [1.807, 2.05) is 43.3 Å². The quantitative estimate of drug-likeness (QED) is 0.623. The van der Waals surface area contributed by atoms with Crippen molar-refractivity contribution in [3.63, 3.8) is 0 Å². The van der Waals surface area contributed by atoms with E-state index in [0.717, 1.165) is 27.8 Å². The number of allylic oxidation sites excluding steroid dienone is 2. The molecule has 0 bridgehead atoms. The van der Waals surface area contributed by atoms with Crippen molar-refractivity contribution in [3.8, 4) is 0 Å². The topological polar surface area (TPSA) is 60.4 Å². The van der Waals surface area contributed by atoms with Crippen LogP contribution in [0.2, 0.25) is 0 Å². The molecule has 6 heteroatoms. The number of hydrogen-bond acceptors (Lipinski definition) is 5. The predicted octanol–water partition coefficient (Wildman–Crippen LogP) is 1.58. The van der Waals surface area contributed by atoms with Crippen molar-refractivity contribution in [3.05, 3.63) is 52.4 Å². The number of aliphatic carboxylic acids is 1. The lowest BCUT2D eigenvalue weighted by Gasteiger charge is -2.14. The number of benzene rings is 1. The Morgan fingerprint density at radius 1 is 1.38 bits per heavy atom. The van der Waals surface area contributed by atoms with Gasteiger partial charge in [-0.1, -0.05) is 60.4 Å². The number of thioether (sulfide) groups is 1. The lowest BCUT2D eigenvalue weighted by Crippen LogP contribution is -2.40. The Morgan fingerprint density at radius 3 is 2.67 bits per heavy atom. The van der Waals surface area contributed by atoms with Gasteiger partial charge in [-0.15, -0.1) is 0 Å². The van der Waals surface area contributed by atoms with Gasteiger partial charge in [0, 0.05) is 0 Å². The molecule has 0 aliphatic carbocycles. The van der Waals surface area contributed by atoms with Crippen LogP contribution < -0.4 is 5.11 Å². The zero-order chi connectivity index (χ0) is 15.4. The summed E-state index contributed by atoms with van der Waals surface area (Å²) in [5, 5.41) is 10.6. The maximum Gasteiger partial charge on any atom is 0.266 e. The van der Waals surface area contributed by atoms with Crippen molar-refractivity contribution in [1.29, 1.82) is 0 Å². The van der Waals surface area contributed by atoms with Crippen LogP contribution >= 0.6 is 24.0 Å². The first-order valence-electron chi connectivity index (χ1n) is 6.16. The van der Waals surface area contributed by atoms with Crippen molar-refractivity contribution in [2.24, 2.45) is 0 Å². The third-order valence-corrected chi connectivity index (χ3v) is 4.09. The fourth-order valence-electron chi connectivity index (χ4n) is 1.83. The maximum absolute atomic E-state index is 12.1. The van der Waals surface area contributed by atoms with E-state index in [1.54, 1.807) is 6.08 Å². The van der Waals surface area contributed by atoms with Gasteiger partial charge in [-0.2, -0.15) is 0 Å². The molecule has 4 nitrogen and oxygen atoms in total. The van der Waals surface area contributed by atoms with E-state index < -0.39 is 18.4 Å². The van der Waals surface area contributed by atoms with E-state index >= 15 is 0 Å². The van der Waals surface area contributed by atoms with E-state index in [0.29, 0.717) is 4.91 Å². The summed E-state index contributed by atoms with van der Waals surface area (Å²) in [4.78, 5) is 24.1. The monoisotopic (exact) mass is 318 g/mol. The van der Waals surface area contributed by atoms with Gasteiger partial charge in [0.05, 0.1) is 17.4 Å². The van der Waals surface area contributed by atoms with Crippen molar-refractivity contribution in [1.82, 2.24) is 4.90 Å². The summed E-state index contributed by atoms with van der Waals surface area (Å²) < 4.78 is 0.239. The molecular weight excluding hydrogens is 306 g/mol. The number of rotatable bonds is 4. The number of nitrogens with zero attached hydrogens (tertiary/aromatic N) is 1. The second-order valence-corrected chi connectivity index (χ2v) is 6.11.